The average molecular weight is 244 g/mol. The number of alkyl halides is 3. The number of aromatic nitrogens is 3. The van der Waals surface area contributed by atoms with E-state index in [1.807, 2.05) is 0 Å². The highest BCUT2D eigenvalue weighted by atomic mass is 19.4. The lowest BCUT2D eigenvalue weighted by Gasteiger charge is -2.07. The molecule has 0 aliphatic carbocycles. The number of hydrogen-bond acceptors (Lipinski definition) is 3. The van der Waals surface area contributed by atoms with Gasteiger partial charge in [-0.2, -0.15) is 18.3 Å². The van der Waals surface area contributed by atoms with Gasteiger partial charge < -0.3 is 5.73 Å². The van der Waals surface area contributed by atoms with Crippen LogP contribution < -0.4 is 5.73 Å². The Balaban J connectivity index is 2.53. The lowest BCUT2D eigenvalue weighted by Crippen LogP contribution is -2.18. The molecule has 0 fully saturated rings. The summed E-state index contributed by atoms with van der Waals surface area (Å²) in [7, 11) is 0. The Bertz CT molecular complexity index is 530. The molecule has 2 aromatic heterocycles. The number of rotatable bonds is 2. The van der Waals surface area contributed by atoms with Crippen LogP contribution in [-0.2, 0) is 12.6 Å². The monoisotopic (exact) mass is 244 g/mol. The Labute approximate surface area is 95.3 Å². The Morgan fingerprint density at radius 2 is 2.18 bits per heavy atom. The van der Waals surface area contributed by atoms with E-state index >= 15 is 0 Å². The summed E-state index contributed by atoms with van der Waals surface area (Å²) in [6, 6.07) is 2.25. The van der Waals surface area contributed by atoms with Crippen molar-refractivity contribution in [1.29, 1.82) is 0 Å². The molecule has 17 heavy (non-hydrogen) atoms. The molecular weight excluding hydrogens is 233 g/mol. The quantitative estimate of drug-likeness (QED) is 0.873. The van der Waals surface area contributed by atoms with Crippen LogP contribution in [0.15, 0.2) is 18.3 Å². The lowest BCUT2D eigenvalue weighted by molar-refractivity contribution is -0.142. The molecular formula is C10H11F3N4. The Hall–Kier alpha value is -1.63. The van der Waals surface area contributed by atoms with Crippen LogP contribution in [0, 0.1) is 0 Å². The highest BCUT2D eigenvalue weighted by Crippen LogP contribution is 2.28. The van der Waals surface area contributed by atoms with Crippen molar-refractivity contribution in [2.24, 2.45) is 5.73 Å². The van der Waals surface area contributed by atoms with Crippen LogP contribution in [0.5, 0.6) is 0 Å². The van der Waals surface area contributed by atoms with Crippen molar-refractivity contribution in [3.63, 3.8) is 0 Å². The zero-order chi connectivity index (χ0) is 12.6. The fourth-order valence-electron chi connectivity index (χ4n) is 1.59. The Morgan fingerprint density at radius 1 is 1.47 bits per heavy atom. The number of hydrogen-bond donors (Lipinski definition) is 1. The van der Waals surface area contributed by atoms with Gasteiger partial charge in [-0.1, -0.05) is 0 Å². The third-order valence-electron chi connectivity index (χ3n) is 2.23. The minimum Gasteiger partial charge on any atom is -0.328 e. The zero-order valence-corrected chi connectivity index (χ0v) is 9.07. The van der Waals surface area contributed by atoms with E-state index in [9.17, 15) is 13.2 Å². The van der Waals surface area contributed by atoms with Crippen LogP contribution in [0.3, 0.4) is 0 Å². The van der Waals surface area contributed by atoms with Gasteiger partial charge in [0.05, 0.1) is 5.69 Å². The first kappa shape index (κ1) is 11.8. The second-order valence-electron chi connectivity index (χ2n) is 3.91. The van der Waals surface area contributed by atoms with E-state index < -0.39 is 11.9 Å². The van der Waals surface area contributed by atoms with E-state index in [-0.39, 0.29) is 11.7 Å². The standard InChI is InChI=1S/C10H11F3N4/c1-6(14)4-7-5-9-15-3-2-8(10(11,12)13)17(9)16-7/h2-3,5-6H,4,14H2,1H3. The minimum atomic E-state index is -4.45. The maximum Gasteiger partial charge on any atom is 0.433 e. The number of nitrogens with zero attached hydrogens (tertiary/aromatic N) is 3. The van der Waals surface area contributed by atoms with Crippen molar-refractivity contribution >= 4 is 5.65 Å². The molecule has 2 heterocycles. The van der Waals surface area contributed by atoms with Crippen LogP contribution in [0.25, 0.3) is 5.65 Å². The summed E-state index contributed by atoms with van der Waals surface area (Å²) in [4.78, 5) is 3.84. The number of halogens is 3. The SMILES string of the molecule is CC(N)Cc1cc2nccc(C(F)(F)F)n2n1. The normalized spacial score (nSPS) is 14.2. The number of nitrogens with two attached hydrogens (primary N) is 1. The largest absolute Gasteiger partial charge is 0.433 e. The van der Waals surface area contributed by atoms with Gasteiger partial charge >= 0.3 is 6.18 Å². The van der Waals surface area contributed by atoms with Gasteiger partial charge in [-0.3, -0.25) is 0 Å². The topological polar surface area (TPSA) is 56.2 Å². The molecule has 0 saturated carbocycles. The molecule has 2 N–H and O–H groups in total. The van der Waals surface area contributed by atoms with Crippen molar-refractivity contribution < 1.29 is 13.2 Å². The molecule has 0 bridgehead atoms. The van der Waals surface area contributed by atoms with Crippen molar-refractivity contribution in [2.75, 3.05) is 0 Å². The second-order valence-corrected chi connectivity index (χ2v) is 3.91. The number of fused-ring (bicyclic) bond motifs is 1. The Kier molecular flexibility index (Phi) is 2.78. The summed E-state index contributed by atoms with van der Waals surface area (Å²) in [5.41, 5.74) is 5.42. The molecule has 4 nitrogen and oxygen atoms in total. The van der Waals surface area contributed by atoms with E-state index in [0.717, 1.165) is 16.8 Å². The van der Waals surface area contributed by atoms with Gasteiger partial charge in [-0.15, -0.1) is 0 Å². The fraction of sp³-hybridized carbons (Fsp3) is 0.400. The Morgan fingerprint density at radius 3 is 2.76 bits per heavy atom. The molecule has 1 unspecified atom stereocenters. The summed E-state index contributed by atoms with van der Waals surface area (Å²) in [6.45, 7) is 1.77. The molecule has 0 spiro atoms. The minimum absolute atomic E-state index is 0.158. The summed E-state index contributed by atoms with van der Waals surface area (Å²) in [5.74, 6) is 0. The smallest absolute Gasteiger partial charge is 0.328 e. The highest BCUT2D eigenvalue weighted by molar-refractivity contribution is 5.40. The van der Waals surface area contributed by atoms with E-state index in [4.69, 9.17) is 5.73 Å². The van der Waals surface area contributed by atoms with Gasteiger partial charge in [0.15, 0.2) is 5.65 Å². The molecule has 2 rings (SSSR count). The summed E-state index contributed by atoms with van der Waals surface area (Å²) in [5, 5.41) is 3.87. The maximum atomic E-state index is 12.7. The third-order valence-corrected chi connectivity index (χ3v) is 2.23. The van der Waals surface area contributed by atoms with Crippen LogP contribution in [0.4, 0.5) is 13.2 Å². The van der Waals surface area contributed by atoms with Crippen molar-refractivity contribution in [1.82, 2.24) is 14.6 Å². The molecule has 0 aliphatic heterocycles. The van der Waals surface area contributed by atoms with Gasteiger partial charge in [0.25, 0.3) is 0 Å². The first-order valence-corrected chi connectivity index (χ1v) is 5.04. The first-order valence-electron chi connectivity index (χ1n) is 5.04. The van der Waals surface area contributed by atoms with E-state index in [2.05, 4.69) is 10.1 Å². The predicted molar refractivity (Wildman–Crippen MR) is 55.3 cm³/mol. The lowest BCUT2D eigenvalue weighted by atomic mass is 10.2. The fourth-order valence-corrected chi connectivity index (χ4v) is 1.59. The molecule has 1 atom stereocenters. The van der Waals surface area contributed by atoms with E-state index in [1.54, 1.807) is 6.92 Å². The van der Waals surface area contributed by atoms with Crippen LogP contribution in [-0.4, -0.2) is 20.6 Å². The maximum absolute atomic E-state index is 12.7. The second kappa shape index (κ2) is 3.99. The van der Waals surface area contributed by atoms with Crippen molar-refractivity contribution in [2.45, 2.75) is 25.6 Å². The molecule has 2 aromatic rings. The average Bonchev–Trinajstić information content (AvgIpc) is 2.55. The first-order chi connectivity index (χ1) is 7.88. The molecule has 0 aliphatic rings. The summed E-state index contributed by atoms with van der Waals surface area (Å²) >= 11 is 0. The van der Waals surface area contributed by atoms with Gasteiger partial charge in [-0.25, -0.2) is 9.50 Å². The van der Waals surface area contributed by atoms with Crippen molar-refractivity contribution in [3.8, 4) is 0 Å². The van der Waals surface area contributed by atoms with E-state index in [1.165, 1.54) is 6.07 Å². The molecule has 7 heteroatoms. The van der Waals surface area contributed by atoms with Crippen LogP contribution in [0.2, 0.25) is 0 Å². The summed E-state index contributed by atoms with van der Waals surface area (Å²) < 4.78 is 38.8. The van der Waals surface area contributed by atoms with Gasteiger partial charge in [0.2, 0.25) is 0 Å². The molecule has 0 saturated heterocycles. The van der Waals surface area contributed by atoms with Gasteiger partial charge in [0.1, 0.15) is 5.69 Å². The third kappa shape index (κ3) is 2.38. The molecule has 0 aromatic carbocycles. The van der Waals surface area contributed by atoms with Crippen molar-refractivity contribution in [3.05, 3.63) is 29.7 Å². The summed E-state index contributed by atoms with van der Waals surface area (Å²) in [6.07, 6.45) is -2.91. The van der Waals surface area contributed by atoms with E-state index in [0.29, 0.717) is 12.1 Å². The van der Waals surface area contributed by atoms with Crippen LogP contribution in [0.1, 0.15) is 18.3 Å². The highest BCUT2D eigenvalue weighted by Gasteiger charge is 2.34. The zero-order valence-electron chi connectivity index (χ0n) is 9.07. The predicted octanol–water partition coefficient (Wildman–Crippen LogP) is 1.64. The molecule has 92 valence electrons. The molecule has 0 amide bonds. The van der Waals surface area contributed by atoms with Gasteiger partial charge in [-0.05, 0) is 13.0 Å². The van der Waals surface area contributed by atoms with Crippen LogP contribution >= 0.6 is 0 Å². The molecule has 0 radical (unpaired) electrons. The van der Waals surface area contributed by atoms with Gasteiger partial charge in [0, 0.05) is 24.7 Å².